The Balaban J connectivity index is 1.84. The number of hydrogen-bond donors (Lipinski definition) is 1. The molecular formula is C19H22FN3O2S. The summed E-state index contributed by atoms with van der Waals surface area (Å²) in [6, 6.07) is 9.47. The number of hydrogen-bond acceptors (Lipinski definition) is 4. The quantitative estimate of drug-likeness (QED) is 0.686. The minimum Gasteiger partial charge on any atom is -0.333 e. The second-order valence-corrected chi connectivity index (χ2v) is 6.90. The van der Waals surface area contributed by atoms with Crippen LogP contribution in [0.3, 0.4) is 0 Å². The van der Waals surface area contributed by atoms with E-state index >= 15 is 0 Å². The van der Waals surface area contributed by atoms with Gasteiger partial charge in [0.2, 0.25) is 11.8 Å². The number of nitrogens with zero attached hydrogens (tertiary/aromatic N) is 2. The van der Waals surface area contributed by atoms with E-state index in [2.05, 4.69) is 11.9 Å². The minimum absolute atomic E-state index is 0.0596. The van der Waals surface area contributed by atoms with Gasteiger partial charge in [-0.2, -0.15) is 0 Å². The first-order valence-electron chi connectivity index (χ1n) is 8.13. The lowest BCUT2D eigenvalue weighted by Gasteiger charge is -2.24. The van der Waals surface area contributed by atoms with E-state index in [4.69, 9.17) is 0 Å². The second kappa shape index (κ2) is 9.84. The molecule has 0 aliphatic rings. The number of carbonyl (C=O) groups excluding carboxylic acids is 2. The first-order valence-corrected chi connectivity index (χ1v) is 9.01. The summed E-state index contributed by atoms with van der Waals surface area (Å²) in [6.45, 7) is 4.86. The zero-order valence-electron chi connectivity index (χ0n) is 14.7. The lowest BCUT2D eigenvalue weighted by atomic mass is 10.3. The molecule has 26 heavy (non-hydrogen) atoms. The monoisotopic (exact) mass is 375 g/mol. The Hall–Kier alpha value is -2.51. The van der Waals surface area contributed by atoms with Gasteiger partial charge in [-0.15, -0.1) is 17.9 Å². The Morgan fingerprint density at radius 1 is 1.23 bits per heavy atom. The van der Waals surface area contributed by atoms with Crippen LogP contribution in [0.25, 0.3) is 0 Å². The molecule has 0 aliphatic heterocycles. The summed E-state index contributed by atoms with van der Waals surface area (Å²) in [7, 11) is 1.71. The van der Waals surface area contributed by atoms with E-state index in [0.717, 1.165) is 4.88 Å². The lowest BCUT2D eigenvalue weighted by molar-refractivity contribution is -0.132. The van der Waals surface area contributed by atoms with Crippen molar-refractivity contribution in [2.45, 2.75) is 6.54 Å². The summed E-state index contributed by atoms with van der Waals surface area (Å²) in [5.74, 6) is -0.699. The normalized spacial score (nSPS) is 10.6. The van der Waals surface area contributed by atoms with E-state index in [-0.39, 0.29) is 30.7 Å². The van der Waals surface area contributed by atoms with Crippen LogP contribution in [0, 0.1) is 5.82 Å². The predicted octanol–water partition coefficient (Wildman–Crippen LogP) is 2.97. The van der Waals surface area contributed by atoms with Gasteiger partial charge in [-0.25, -0.2) is 4.39 Å². The fourth-order valence-corrected chi connectivity index (χ4v) is 3.09. The van der Waals surface area contributed by atoms with Gasteiger partial charge in [0.15, 0.2) is 0 Å². The third-order valence-corrected chi connectivity index (χ3v) is 4.44. The number of benzene rings is 1. The van der Waals surface area contributed by atoms with Gasteiger partial charge in [0.05, 0.1) is 19.6 Å². The number of likely N-dealkylation sites (N-methyl/N-ethyl adjacent to an activating group) is 1. The summed E-state index contributed by atoms with van der Waals surface area (Å²) < 4.78 is 12.9. The summed E-state index contributed by atoms with van der Waals surface area (Å²) in [6.07, 6.45) is 1.69. The molecule has 1 heterocycles. The molecule has 2 rings (SSSR count). The molecule has 5 nitrogen and oxygen atoms in total. The van der Waals surface area contributed by atoms with Crippen molar-refractivity contribution in [2.24, 2.45) is 0 Å². The fraction of sp³-hybridized carbons (Fsp3) is 0.263. The van der Waals surface area contributed by atoms with Crippen molar-refractivity contribution >= 4 is 28.8 Å². The third kappa shape index (κ3) is 6.42. The molecule has 0 spiro atoms. The number of carbonyl (C=O) groups is 2. The third-order valence-electron chi connectivity index (χ3n) is 3.58. The average molecular weight is 375 g/mol. The summed E-state index contributed by atoms with van der Waals surface area (Å²) in [5, 5.41) is 4.65. The molecule has 138 valence electrons. The molecule has 0 unspecified atom stereocenters. The van der Waals surface area contributed by atoms with Crippen molar-refractivity contribution in [1.82, 2.24) is 9.80 Å². The fourth-order valence-electron chi connectivity index (χ4n) is 2.37. The van der Waals surface area contributed by atoms with Gasteiger partial charge in [-0.1, -0.05) is 12.1 Å². The number of anilines is 1. The molecule has 0 bridgehead atoms. The maximum atomic E-state index is 12.9. The van der Waals surface area contributed by atoms with E-state index < -0.39 is 0 Å². The molecule has 2 amide bonds. The Morgan fingerprint density at radius 3 is 2.58 bits per heavy atom. The maximum absolute atomic E-state index is 12.9. The summed E-state index contributed by atoms with van der Waals surface area (Å²) >= 11 is 1.59. The second-order valence-electron chi connectivity index (χ2n) is 5.87. The van der Waals surface area contributed by atoms with Crippen molar-refractivity contribution in [3.63, 3.8) is 0 Å². The van der Waals surface area contributed by atoms with Crippen LogP contribution in [0.1, 0.15) is 4.88 Å². The van der Waals surface area contributed by atoms with Crippen LogP contribution in [0.4, 0.5) is 10.1 Å². The van der Waals surface area contributed by atoms with Crippen LogP contribution in [-0.2, 0) is 16.1 Å². The van der Waals surface area contributed by atoms with Crippen LogP contribution in [0.15, 0.2) is 54.4 Å². The lowest BCUT2D eigenvalue weighted by Crippen LogP contribution is -2.41. The van der Waals surface area contributed by atoms with E-state index in [1.807, 2.05) is 17.5 Å². The van der Waals surface area contributed by atoms with Crippen molar-refractivity contribution in [1.29, 1.82) is 0 Å². The van der Waals surface area contributed by atoms with Crippen molar-refractivity contribution in [3.8, 4) is 0 Å². The Kier molecular flexibility index (Phi) is 7.50. The predicted molar refractivity (Wildman–Crippen MR) is 102 cm³/mol. The SMILES string of the molecule is C=CCN(Cc1cccs1)C(=O)CN(C)CC(=O)Nc1ccc(F)cc1. The van der Waals surface area contributed by atoms with Crippen LogP contribution in [-0.4, -0.2) is 48.3 Å². The number of amides is 2. The molecule has 0 fully saturated rings. The van der Waals surface area contributed by atoms with Crippen molar-refractivity contribution < 1.29 is 14.0 Å². The van der Waals surface area contributed by atoms with Crippen LogP contribution >= 0.6 is 11.3 Å². The largest absolute Gasteiger partial charge is 0.333 e. The highest BCUT2D eigenvalue weighted by Crippen LogP contribution is 2.12. The standard InChI is InChI=1S/C19H22FN3O2S/c1-3-10-23(12-17-5-4-11-26-17)19(25)14-22(2)13-18(24)21-16-8-6-15(20)7-9-16/h3-9,11H,1,10,12-14H2,2H3,(H,21,24). The highest BCUT2D eigenvalue weighted by atomic mass is 32.1. The molecule has 1 aromatic heterocycles. The number of thiophene rings is 1. The highest BCUT2D eigenvalue weighted by Gasteiger charge is 2.17. The average Bonchev–Trinajstić information content (AvgIpc) is 3.09. The molecule has 0 saturated heterocycles. The molecule has 0 atom stereocenters. The molecule has 0 radical (unpaired) electrons. The van der Waals surface area contributed by atoms with E-state index in [1.54, 1.807) is 34.3 Å². The summed E-state index contributed by atoms with van der Waals surface area (Å²) in [5.41, 5.74) is 0.516. The number of halogens is 1. The first-order chi connectivity index (χ1) is 12.5. The Bertz CT molecular complexity index is 732. The van der Waals surface area contributed by atoms with Crippen LogP contribution < -0.4 is 5.32 Å². The zero-order chi connectivity index (χ0) is 18.9. The molecule has 7 heteroatoms. The zero-order valence-corrected chi connectivity index (χ0v) is 15.5. The van der Waals surface area contributed by atoms with Crippen LogP contribution in [0.2, 0.25) is 0 Å². The van der Waals surface area contributed by atoms with Crippen molar-refractivity contribution in [2.75, 3.05) is 32.0 Å². The smallest absolute Gasteiger partial charge is 0.238 e. The van der Waals surface area contributed by atoms with Crippen molar-refractivity contribution in [3.05, 3.63) is 65.1 Å². The Labute approximate surface area is 156 Å². The molecule has 0 saturated carbocycles. The van der Waals surface area contributed by atoms with Gasteiger partial charge in [0, 0.05) is 17.1 Å². The molecule has 0 aliphatic carbocycles. The number of nitrogens with one attached hydrogen (secondary N) is 1. The minimum atomic E-state index is -0.362. The van der Waals surface area contributed by atoms with Gasteiger partial charge in [-0.3, -0.25) is 14.5 Å². The van der Waals surface area contributed by atoms with Gasteiger partial charge >= 0.3 is 0 Å². The highest BCUT2D eigenvalue weighted by molar-refractivity contribution is 7.09. The van der Waals surface area contributed by atoms with E-state index in [1.165, 1.54) is 24.3 Å². The van der Waals surface area contributed by atoms with Crippen LogP contribution in [0.5, 0.6) is 0 Å². The van der Waals surface area contributed by atoms with Gasteiger partial charge in [0.1, 0.15) is 5.82 Å². The first kappa shape index (κ1) is 19.8. The van der Waals surface area contributed by atoms with Gasteiger partial charge < -0.3 is 10.2 Å². The molecule has 1 aromatic carbocycles. The molecule has 1 N–H and O–H groups in total. The topological polar surface area (TPSA) is 52.7 Å². The van der Waals surface area contributed by atoms with E-state index in [9.17, 15) is 14.0 Å². The molecule has 2 aromatic rings. The van der Waals surface area contributed by atoms with Gasteiger partial charge in [0.25, 0.3) is 0 Å². The maximum Gasteiger partial charge on any atom is 0.238 e. The number of rotatable bonds is 9. The summed E-state index contributed by atoms with van der Waals surface area (Å²) in [4.78, 5) is 29.0. The Morgan fingerprint density at radius 2 is 1.96 bits per heavy atom. The van der Waals surface area contributed by atoms with Gasteiger partial charge in [-0.05, 0) is 42.8 Å². The molecular weight excluding hydrogens is 353 g/mol. The van der Waals surface area contributed by atoms with E-state index in [0.29, 0.717) is 18.8 Å².